The molecule has 0 spiro atoms. The molecule has 0 aliphatic heterocycles. The number of hydrogen-bond donors (Lipinski definition) is 0. The molecule has 0 radical (unpaired) electrons. The van der Waals surface area contributed by atoms with Crippen LogP contribution >= 0.6 is 0 Å². The van der Waals surface area contributed by atoms with Gasteiger partial charge in [-0.25, -0.2) is 4.39 Å². The van der Waals surface area contributed by atoms with Crippen LogP contribution in [0.1, 0.15) is 56.5 Å². The van der Waals surface area contributed by atoms with E-state index in [0.29, 0.717) is 23.5 Å². The van der Waals surface area contributed by atoms with Crippen LogP contribution in [0.15, 0.2) is 18.2 Å². The van der Waals surface area contributed by atoms with E-state index in [1.807, 2.05) is 0 Å². The molecule has 1 unspecified atom stereocenters. The molecule has 2 heteroatoms. The van der Waals surface area contributed by atoms with Gasteiger partial charge in [0.25, 0.3) is 0 Å². The summed E-state index contributed by atoms with van der Waals surface area (Å²) in [6.45, 7) is 10.2. The van der Waals surface area contributed by atoms with Gasteiger partial charge in [-0.1, -0.05) is 39.8 Å². The van der Waals surface area contributed by atoms with Crippen molar-refractivity contribution < 1.29 is 9.18 Å². The highest BCUT2D eigenvalue weighted by Gasteiger charge is 2.19. The largest absolute Gasteiger partial charge is 0.294 e. The molecule has 1 aromatic carbocycles. The van der Waals surface area contributed by atoms with Gasteiger partial charge in [0, 0.05) is 12.0 Å². The van der Waals surface area contributed by atoms with Crippen molar-refractivity contribution in [3.63, 3.8) is 0 Å². The summed E-state index contributed by atoms with van der Waals surface area (Å²) in [6, 6.07) is 4.71. The predicted molar refractivity (Wildman–Crippen MR) is 73.3 cm³/mol. The smallest absolute Gasteiger partial charge is 0.163 e. The molecule has 0 saturated heterocycles. The van der Waals surface area contributed by atoms with Gasteiger partial charge in [0.2, 0.25) is 0 Å². The molecular weight excluding hydrogens is 227 g/mol. The fourth-order valence-electron chi connectivity index (χ4n) is 2.45. The number of carbonyl (C=O) groups is 1. The van der Waals surface area contributed by atoms with Gasteiger partial charge >= 0.3 is 0 Å². The maximum Gasteiger partial charge on any atom is 0.163 e. The third kappa shape index (κ3) is 4.25. The third-order valence-electron chi connectivity index (χ3n) is 3.06. The summed E-state index contributed by atoms with van der Waals surface area (Å²) in [5, 5.41) is 0. The molecule has 0 N–H and O–H groups in total. The molecule has 1 atom stereocenters. The fraction of sp³-hybridized carbons (Fsp3) is 0.562. The first-order chi connectivity index (χ1) is 8.20. The fourth-order valence-corrected chi connectivity index (χ4v) is 2.45. The number of carbonyl (C=O) groups excluding carboxylic acids is 1. The van der Waals surface area contributed by atoms with E-state index in [1.165, 1.54) is 6.07 Å². The van der Waals surface area contributed by atoms with Crippen LogP contribution in [-0.2, 0) is 0 Å². The van der Waals surface area contributed by atoms with Gasteiger partial charge in [-0.2, -0.15) is 0 Å². The van der Waals surface area contributed by atoms with E-state index in [-0.39, 0.29) is 17.0 Å². The molecule has 18 heavy (non-hydrogen) atoms. The number of benzene rings is 1. The lowest BCUT2D eigenvalue weighted by Gasteiger charge is -2.22. The Bertz CT molecular complexity index is 429. The summed E-state index contributed by atoms with van der Waals surface area (Å²) >= 11 is 0. The van der Waals surface area contributed by atoms with E-state index in [9.17, 15) is 9.18 Å². The van der Waals surface area contributed by atoms with E-state index in [4.69, 9.17) is 0 Å². The van der Waals surface area contributed by atoms with Gasteiger partial charge in [0.1, 0.15) is 5.82 Å². The Morgan fingerprint density at radius 3 is 2.50 bits per heavy atom. The van der Waals surface area contributed by atoms with Crippen molar-refractivity contribution in [1.82, 2.24) is 0 Å². The van der Waals surface area contributed by atoms with Crippen molar-refractivity contribution in [1.29, 1.82) is 0 Å². The second-order valence-corrected chi connectivity index (χ2v) is 6.41. The minimum absolute atomic E-state index is 0.0451. The maximum atomic E-state index is 13.4. The van der Waals surface area contributed by atoms with Crippen LogP contribution in [0.5, 0.6) is 0 Å². The lowest BCUT2D eigenvalue weighted by molar-refractivity contribution is 0.0953. The van der Waals surface area contributed by atoms with Crippen molar-refractivity contribution in [3.8, 4) is 0 Å². The predicted octanol–water partition coefficient (Wildman–Crippen LogP) is 4.78. The van der Waals surface area contributed by atoms with Crippen molar-refractivity contribution in [2.24, 2.45) is 11.3 Å². The van der Waals surface area contributed by atoms with Crippen molar-refractivity contribution >= 4 is 5.78 Å². The molecule has 1 aromatic rings. The van der Waals surface area contributed by atoms with E-state index in [1.54, 1.807) is 19.1 Å². The normalized spacial score (nSPS) is 13.4. The highest BCUT2D eigenvalue weighted by Crippen LogP contribution is 2.27. The number of rotatable bonds is 4. The molecule has 0 aliphatic carbocycles. The van der Waals surface area contributed by atoms with Gasteiger partial charge in [-0.15, -0.1) is 0 Å². The molecular formula is C16H23FO. The molecule has 1 nitrogen and oxygen atoms in total. The van der Waals surface area contributed by atoms with E-state index >= 15 is 0 Å². The zero-order chi connectivity index (χ0) is 13.9. The van der Waals surface area contributed by atoms with Crippen LogP contribution in [-0.4, -0.2) is 5.78 Å². The van der Waals surface area contributed by atoms with Gasteiger partial charge < -0.3 is 0 Å². The Balaban J connectivity index is 2.74. The van der Waals surface area contributed by atoms with Crippen LogP contribution in [0.25, 0.3) is 0 Å². The Morgan fingerprint density at radius 2 is 1.94 bits per heavy atom. The summed E-state index contributed by atoms with van der Waals surface area (Å²) in [4.78, 5) is 12.1. The molecule has 0 heterocycles. The van der Waals surface area contributed by atoms with Gasteiger partial charge in [0.15, 0.2) is 5.78 Å². The minimum atomic E-state index is -0.302. The van der Waals surface area contributed by atoms with Crippen molar-refractivity contribution in [2.45, 2.75) is 47.5 Å². The average Bonchev–Trinajstić information content (AvgIpc) is 2.18. The highest BCUT2D eigenvalue weighted by atomic mass is 19.1. The van der Waals surface area contributed by atoms with Crippen LogP contribution in [0.2, 0.25) is 0 Å². The maximum absolute atomic E-state index is 13.4. The third-order valence-corrected chi connectivity index (χ3v) is 3.06. The molecule has 0 amide bonds. The van der Waals surface area contributed by atoms with Crippen molar-refractivity contribution in [3.05, 3.63) is 35.1 Å². The van der Waals surface area contributed by atoms with Crippen LogP contribution in [0, 0.1) is 24.1 Å². The summed E-state index contributed by atoms with van der Waals surface area (Å²) in [5.74, 6) is 0.0632. The van der Waals surface area contributed by atoms with Gasteiger partial charge in [-0.05, 0) is 36.3 Å². The molecule has 0 aliphatic rings. The van der Waals surface area contributed by atoms with Crippen molar-refractivity contribution in [2.75, 3.05) is 0 Å². The van der Waals surface area contributed by atoms with E-state index in [0.717, 1.165) is 6.42 Å². The summed E-state index contributed by atoms with van der Waals surface area (Å²) in [6.07, 6.45) is 1.48. The Labute approximate surface area is 109 Å². The molecule has 0 aromatic heterocycles. The molecule has 1 rings (SSSR count). The summed E-state index contributed by atoms with van der Waals surface area (Å²) in [5.41, 5.74) is 1.21. The second-order valence-electron chi connectivity index (χ2n) is 6.41. The SMILES string of the molecule is Cc1c(F)cccc1C(=O)CC(C)CC(C)(C)C. The molecule has 100 valence electrons. The van der Waals surface area contributed by atoms with Gasteiger partial charge in [0.05, 0.1) is 0 Å². The van der Waals surface area contributed by atoms with E-state index < -0.39 is 0 Å². The minimum Gasteiger partial charge on any atom is -0.294 e. The number of ketones is 1. The molecule has 0 saturated carbocycles. The number of Topliss-reactive ketones (excluding diaryl/α,β-unsaturated/α-hetero) is 1. The number of halogens is 1. The first-order valence-electron chi connectivity index (χ1n) is 6.49. The number of hydrogen-bond acceptors (Lipinski definition) is 1. The zero-order valence-corrected chi connectivity index (χ0v) is 12.0. The lowest BCUT2D eigenvalue weighted by atomic mass is 9.82. The monoisotopic (exact) mass is 250 g/mol. The Hall–Kier alpha value is -1.18. The zero-order valence-electron chi connectivity index (χ0n) is 12.0. The van der Waals surface area contributed by atoms with Crippen LogP contribution in [0.3, 0.4) is 0 Å². The van der Waals surface area contributed by atoms with Gasteiger partial charge in [-0.3, -0.25) is 4.79 Å². The summed E-state index contributed by atoms with van der Waals surface area (Å²) in [7, 11) is 0. The van der Waals surface area contributed by atoms with Crippen LogP contribution in [0.4, 0.5) is 4.39 Å². The van der Waals surface area contributed by atoms with E-state index in [2.05, 4.69) is 27.7 Å². The molecule has 0 fully saturated rings. The second kappa shape index (κ2) is 5.64. The summed E-state index contributed by atoms with van der Waals surface area (Å²) < 4.78 is 13.4. The Kier molecular flexibility index (Phi) is 4.66. The lowest BCUT2D eigenvalue weighted by Crippen LogP contribution is -2.15. The first-order valence-corrected chi connectivity index (χ1v) is 6.49. The first kappa shape index (κ1) is 14.9. The van der Waals surface area contributed by atoms with Crippen LogP contribution < -0.4 is 0 Å². The topological polar surface area (TPSA) is 17.1 Å². The molecule has 0 bridgehead atoms. The quantitative estimate of drug-likeness (QED) is 0.703. The highest BCUT2D eigenvalue weighted by molar-refractivity contribution is 5.97. The Morgan fingerprint density at radius 1 is 1.33 bits per heavy atom. The standard InChI is InChI=1S/C16H23FO/c1-11(10-16(3,4)5)9-15(18)13-7-6-8-14(17)12(13)2/h6-8,11H,9-10H2,1-5H3. The average molecular weight is 250 g/mol.